The quantitative estimate of drug-likeness (QED) is 0.760. The van der Waals surface area contributed by atoms with Gasteiger partial charge in [0.15, 0.2) is 0 Å². The fraction of sp³-hybridized carbons (Fsp3) is 0.611. The van der Waals surface area contributed by atoms with Crippen LogP contribution >= 0.6 is 15.9 Å². The normalized spacial score (nSPS) is 16.0. The number of benzene rings is 1. The van der Waals surface area contributed by atoms with Crippen molar-refractivity contribution in [3.8, 4) is 0 Å². The van der Waals surface area contributed by atoms with Gasteiger partial charge >= 0.3 is 6.09 Å². The van der Waals surface area contributed by atoms with Gasteiger partial charge in [-0.25, -0.2) is 4.79 Å². The summed E-state index contributed by atoms with van der Waals surface area (Å²) in [6.07, 6.45) is -0.268. The van der Waals surface area contributed by atoms with Crippen molar-refractivity contribution in [2.75, 3.05) is 39.4 Å². The third-order valence-electron chi connectivity index (χ3n) is 3.70. The number of carbonyl (C=O) groups excluding carboxylic acids is 1. The predicted molar refractivity (Wildman–Crippen MR) is 98.0 cm³/mol. The van der Waals surface area contributed by atoms with Crippen LogP contribution < -0.4 is 0 Å². The van der Waals surface area contributed by atoms with Gasteiger partial charge in [0.2, 0.25) is 0 Å². The van der Waals surface area contributed by atoms with Crippen LogP contribution in [0, 0.1) is 0 Å². The molecule has 0 saturated carbocycles. The fourth-order valence-electron chi connectivity index (χ4n) is 2.50. The van der Waals surface area contributed by atoms with Crippen LogP contribution in [0.5, 0.6) is 0 Å². The van der Waals surface area contributed by atoms with E-state index < -0.39 is 5.60 Å². The van der Waals surface area contributed by atoms with Crippen molar-refractivity contribution in [3.63, 3.8) is 0 Å². The number of hydrogen-bond donors (Lipinski definition) is 0. The molecule has 134 valence electrons. The van der Waals surface area contributed by atoms with Crippen LogP contribution in [0.15, 0.2) is 28.7 Å². The predicted octanol–water partition coefficient (Wildman–Crippen LogP) is 3.52. The molecule has 2 rings (SSSR count). The van der Waals surface area contributed by atoms with Crippen LogP contribution in [0.25, 0.3) is 0 Å². The van der Waals surface area contributed by atoms with Crippen LogP contribution in [-0.2, 0) is 16.0 Å². The molecule has 1 saturated heterocycles. The first-order valence-electron chi connectivity index (χ1n) is 8.36. The molecule has 1 aromatic rings. The number of morpholine rings is 1. The highest BCUT2D eigenvalue weighted by atomic mass is 79.9. The molecule has 0 aromatic heterocycles. The Morgan fingerprint density at radius 3 is 2.67 bits per heavy atom. The number of halogens is 1. The van der Waals surface area contributed by atoms with Gasteiger partial charge in [-0.3, -0.25) is 4.90 Å². The zero-order chi connectivity index (χ0) is 17.6. The van der Waals surface area contributed by atoms with E-state index in [9.17, 15) is 4.79 Å². The fourth-order valence-corrected chi connectivity index (χ4v) is 2.95. The summed E-state index contributed by atoms with van der Waals surface area (Å²) < 4.78 is 12.0. The Hall–Kier alpha value is -1.11. The molecular formula is C18H27BrN2O3. The van der Waals surface area contributed by atoms with E-state index in [1.165, 1.54) is 0 Å². The lowest BCUT2D eigenvalue weighted by Crippen LogP contribution is -2.44. The molecule has 0 aliphatic carbocycles. The van der Waals surface area contributed by atoms with Crippen molar-refractivity contribution >= 4 is 22.0 Å². The standard InChI is InChI=1S/C18H27BrN2O3/c1-18(2,3)24-17(22)21(8-7-20-9-11-23-12-10-20)14-15-5-4-6-16(19)13-15/h4-6,13H,7-12,14H2,1-3H3. The molecule has 0 spiro atoms. The van der Waals surface area contributed by atoms with Crippen molar-refractivity contribution in [1.29, 1.82) is 0 Å². The highest BCUT2D eigenvalue weighted by Crippen LogP contribution is 2.16. The minimum Gasteiger partial charge on any atom is -0.444 e. The topological polar surface area (TPSA) is 42.0 Å². The van der Waals surface area contributed by atoms with Crippen molar-refractivity contribution in [2.24, 2.45) is 0 Å². The molecule has 24 heavy (non-hydrogen) atoms. The molecular weight excluding hydrogens is 372 g/mol. The van der Waals surface area contributed by atoms with E-state index in [2.05, 4.69) is 20.8 Å². The number of rotatable bonds is 5. The molecule has 0 bridgehead atoms. The summed E-state index contributed by atoms with van der Waals surface area (Å²) in [4.78, 5) is 16.7. The van der Waals surface area contributed by atoms with E-state index in [0.29, 0.717) is 13.1 Å². The van der Waals surface area contributed by atoms with Gasteiger partial charge in [0, 0.05) is 37.2 Å². The van der Waals surface area contributed by atoms with Gasteiger partial charge in [0.05, 0.1) is 13.2 Å². The summed E-state index contributed by atoms with van der Waals surface area (Å²) in [5.74, 6) is 0. The van der Waals surface area contributed by atoms with E-state index in [4.69, 9.17) is 9.47 Å². The molecule has 6 heteroatoms. The van der Waals surface area contributed by atoms with E-state index in [1.54, 1.807) is 4.90 Å². The molecule has 1 fully saturated rings. The summed E-state index contributed by atoms with van der Waals surface area (Å²) >= 11 is 3.48. The second kappa shape index (κ2) is 8.83. The van der Waals surface area contributed by atoms with Crippen molar-refractivity contribution in [2.45, 2.75) is 32.9 Å². The van der Waals surface area contributed by atoms with Gasteiger partial charge in [0.25, 0.3) is 0 Å². The number of amides is 1. The molecule has 1 aliphatic heterocycles. The molecule has 1 amide bonds. The lowest BCUT2D eigenvalue weighted by Gasteiger charge is -2.31. The summed E-state index contributed by atoms with van der Waals surface area (Å²) in [6, 6.07) is 8.02. The van der Waals surface area contributed by atoms with Crippen molar-refractivity contribution in [1.82, 2.24) is 9.80 Å². The minimum absolute atomic E-state index is 0.268. The summed E-state index contributed by atoms with van der Waals surface area (Å²) in [6.45, 7) is 11.0. The maximum Gasteiger partial charge on any atom is 0.410 e. The zero-order valence-electron chi connectivity index (χ0n) is 14.8. The van der Waals surface area contributed by atoms with Gasteiger partial charge in [-0.05, 0) is 38.5 Å². The second-order valence-electron chi connectivity index (χ2n) is 6.99. The molecule has 5 nitrogen and oxygen atoms in total. The smallest absolute Gasteiger partial charge is 0.410 e. The van der Waals surface area contributed by atoms with E-state index in [-0.39, 0.29) is 6.09 Å². The van der Waals surface area contributed by atoms with Gasteiger partial charge in [-0.1, -0.05) is 28.1 Å². The highest BCUT2D eigenvalue weighted by molar-refractivity contribution is 9.10. The van der Waals surface area contributed by atoms with Gasteiger partial charge in [0.1, 0.15) is 5.60 Å². The molecule has 1 aromatic carbocycles. The molecule has 1 heterocycles. The van der Waals surface area contributed by atoms with Gasteiger partial charge < -0.3 is 14.4 Å². The average molecular weight is 399 g/mol. The number of nitrogens with zero attached hydrogens (tertiary/aromatic N) is 2. The average Bonchev–Trinajstić information content (AvgIpc) is 2.50. The molecule has 0 radical (unpaired) electrons. The van der Waals surface area contributed by atoms with E-state index >= 15 is 0 Å². The Morgan fingerprint density at radius 2 is 2.04 bits per heavy atom. The Bertz CT molecular complexity index is 539. The Balaban J connectivity index is 2.00. The SMILES string of the molecule is CC(C)(C)OC(=O)N(CCN1CCOCC1)Cc1cccc(Br)c1. The second-order valence-corrected chi connectivity index (χ2v) is 7.90. The van der Waals surface area contributed by atoms with Gasteiger partial charge in [-0.2, -0.15) is 0 Å². The van der Waals surface area contributed by atoms with Crippen LogP contribution in [-0.4, -0.2) is 60.9 Å². The lowest BCUT2D eigenvalue weighted by atomic mass is 10.2. The first-order chi connectivity index (χ1) is 11.3. The highest BCUT2D eigenvalue weighted by Gasteiger charge is 2.23. The van der Waals surface area contributed by atoms with Crippen LogP contribution in [0.2, 0.25) is 0 Å². The van der Waals surface area contributed by atoms with E-state index in [0.717, 1.165) is 42.9 Å². The van der Waals surface area contributed by atoms with E-state index in [1.807, 2.05) is 45.0 Å². The number of hydrogen-bond acceptors (Lipinski definition) is 4. The molecule has 0 unspecified atom stereocenters. The third kappa shape index (κ3) is 6.79. The van der Waals surface area contributed by atoms with Crippen LogP contribution in [0.1, 0.15) is 26.3 Å². The molecule has 0 atom stereocenters. The van der Waals surface area contributed by atoms with Crippen LogP contribution in [0.3, 0.4) is 0 Å². The maximum absolute atomic E-state index is 12.6. The number of carbonyl (C=O) groups is 1. The Labute approximate surface area is 153 Å². The Kier molecular flexibility index (Phi) is 7.07. The third-order valence-corrected chi connectivity index (χ3v) is 4.20. The largest absolute Gasteiger partial charge is 0.444 e. The zero-order valence-corrected chi connectivity index (χ0v) is 16.3. The van der Waals surface area contributed by atoms with Crippen LogP contribution in [0.4, 0.5) is 4.79 Å². The van der Waals surface area contributed by atoms with Crippen molar-refractivity contribution < 1.29 is 14.3 Å². The van der Waals surface area contributed by atoms with Gasteiger partial charge in [-0.15, -0.1) is 0 Å². The van der Waals surface area contributed by atoms with Crippen molar-refractivity contribution in [3.05, 3.63) is 34.3 Å². The number of ether oxygens (including phenoxy) is 2. The summed E-state index contributed by atoms with van der Waals surface area (Å²) in [5, 5.41) is 0. The minimum atomic E-state index is -0.494. The first kappa shape index (κ1) is 19.2. The monoisotopic (exact) mass is 398 g/mol. The lowest BCUT2D eigenvalue weighted by molar-refractivity contribution is 0.0129. The first-order valence-corrected chi connectivity index (χ1v) is 9.15. The maximum atomic E-state index is 12.6. The summed E-state index contributed by atoms with van der Waals surface area (Å²) in [5.41, 5.74) is 0.586. The summed E-state index contributed by atoms with van der Waals surface area (Å²) in [7, 11) is 0. The molecule has 1 aliphatic rings. The Morgan fingerprint density at radius 1 is 1.33 bits per heavy atom. The molecule has 0 N–H and O–H groups in total.